The average Bonchev–Trinajstić information content (AvgIpc) is 2.62. The van der Waals surface area contributed by atoms with E-state index in [2.05, 4.69) is 10.3 Å². The molecule has 2 amide bonds. The van der Waals surface area contributed by atoms with Crippen LogP contribution in [0.4, 0.5) is 0 Å². The fourth-order valence-electron chi connectivity index (χ4n) is 0.767. The van der Waals surface area contributed by atoms with Crippen molar-refractivity contribution in [1.29, 1.82) is 0 Å². The Hall–Kier alpha value is -1.47. The van der Waals surface area contributed by atoms with Crippen LogP contribution in [0.3, 0.4) is 0 Å². The SMILES string of the molecule is NCc1nc(C(=O)NCC(N)=O)cs1. The van der Waals surface area contributed by atoms with Crippen LogP contribution in [0, 0.1) is 0 Å². The predicted octanol–water partition coefficient (Wildman–Crippen LogP) is -1.18. The molecule has 0 saturated heterocycles. The molecule has 0 atom stereocenters. The van der Waals surface area contributed by atoms with Crippen LogP contribution in [-0.4, -0.2) is 23.3 Å². The summed E-state index contributed by atoms with van der Waals surface area (Å²) >= 11 is 1.30. The fourth-order valence-corrected chi connectivity index (χ4v) is 1.42. The lowest BCUT2D eigenvalue weighted by Gasteiger charge is -1.97. The van der Waals surface area contributed by atoms with Gasteiger partial charge in [0.05, 0.1) is 6.54 Å². The second-order valence-corrected chi connectivity index (χ2v) is 3.42. The first kappa shape index (κ1) is 10.6. The van der Waals surface area contributed by atoms with Crippen LogP contribution in [0.1, 0.15) is 15.5 Å². The second kappa shape index (κ2) is 4.68. The number of nitrogens with two attached hydrogens (primary N) is 2. The lowest BCUT2D eigenvalue weighted by atomic mass is 10.4. The van der Waals surface area contributed by atoms with Crippen molar-refractivity contribution in [1.82, 2.24) is 10.3 Å². The number of primary amides is 1. The summed E-state index contributed by atoms with van der Waals surface area (Å²) in [7, 11) is 0. The molecule has 1 heterocycles. The zero-order chi connectivity index (χ0) is 10.6. The van der Waals surface area contributed by atoms with Gasteiger partial charge in [0.25, 0.3) is 5.91 Å². The van der Waals surface area contributed by atoms with E-state index in [0.717, 1.165) is 0 Å². The number of hydrogen-bond donors (Lipinski definition) is 3. The van der Waals surface area contributed by atoms with Crippen molar-refractivity contribution in [3.63, 3.8) is 0 Å². The van der Waals surface area contributed by atoms with E-state index in [-0.39, 0.29) is 12.2 Å². The number of nitrogens with one attached hydrogen (secondary N) is 1. The maximum atomic E-state index is 11.3. The van der Waals surface area contributed by atoms with Crippen molar-refractivity contribution in [3.8, 4) is 0 Å². The normalized spacial score (nSPS) is 9.79. The predicted molar refractivity (Wildman–Crippen MR) is 51.5 cm³/mol. The number of aromatic nitrogens is 1. The maximum Gasteiger partial charge on any atom is 0.271 e. The molecule has 1 aromatic heterocycles. The van der Waals surface area contributed by atoms with Crippen molar-refractivity contribution in [2.75, 3.05) is 6.54 Å². The summed E-state index contributed by atoms with van der Waals surface area (Å²) in [4.78, 5) is 25.6. The zero-order valence-electron chi connectivity index (χ0n) is 7.32. The Morgan fingerprint density at radius 3 is 2.79 bits per heavy atom. The molecule has 0 aromatic carbocycles. The summed E-state index contributed by atoms with van der Waals surface area (Å²) in [6.45, 7) is 0.113. The lowest BCUT2D eigenvalue weighted by Crippen LogP contribution is -2.33. The van der Waals surface area contributed by atoms with Gasteiger partial charge < -0.3 is 16.8 Å². The molecule has 0 radical (unpaired) electrons. The van der Waals surface area contributed by atoms with Crippen molar-refractivity contribution in [3.05, 3.63) is 16.1 Å². The number of rotatable bonds is 4. The summed E-state index contributed by atoms with van der Waals surface area (Å²) in [5, 5.41) is 4.58. The Balaban J connectivity index is 2.56. The first-order chi connectivity index (χ1) is 6.63. The Morgan fingerprint density at radius 1 is 1.57 bits per heavy atom. The van der Waals surface area contributed by atoms with Crippen molar-refractivity contribution < 1.29 is 9.59 Å². The molecule has 0 unspecified atom stereocenters. The molecular formula is C7H10N4O2S. The van der Waals surface area contributed by atoms with Crippen LogP contribution in [-0.2, 0) is 11.3 Å². The minimum absolute atomic E-state index is 0.186. The van der Waals surface area contributed by atoms with Crippen LogP contribution in [0.15, 0.2) is 5.38 Å². The molecule has 0 fully saturated rings. The van der Waals surface area contributed by atoms with Crippen LogP contribution in [0.25, 0.3) is 0 Å². The number of amides is 2. The Labute approximate surface area is 84.3 Å². The molecule has 0 spiro atoms. The van der Waals surface area contributed by atoms with Gasteiger partial charge in [-0.3, -0.25) is 9.59 Å². The van der Waals surface area contributed by atoms with Gasteiger partial charge in [-0.15, -0.1) is 11.3 Å². The molecule has 0 aliphatic rings. The van der Waals surface area contributed by atoms with Gasteiger partial charge in [0.15, 0.2) is 0 Å². The zero-order valence-corrected chi connectivity index (χ0v) is 8.13. The van der Waals surface area contributed by atoms with E-state index in [0.29, 0.717) is 11.6 Å². The highest BCUT2D eigenvalue weighted by atomic mass is 32.1. The fraction of sp³-hybridized carbons (Fsp3) is 0.286. The van der Waals surface area contributed by atoms with Gasteiger partial charge >= 0.3 is 0 Å². The molecule has 6 nitrogen and oxygen atoms in total. The van der Waals surface area contributed by atoms with Crippen LogP contribution in [0.2, 0.25) is 0 Å². The van der Waals surface area contributed by atoms with Crippen molar-refractivity contribution in [2.45, 2.75) is 6.54 Å². The first-order valence-electron chi connectivity index (χ1n) is 3.84. The average molecular weight is 214 g/mol. The highest BCUT2D eigenvalue weighted by Gasteiger charge is 2.09. The summed E-state index contributed by atoms with van der Waals surface area (Å²) in [5.41, 5.74) is 10.4. The minimum Gasteiger partial charge on any atom is -0.368 e. The number of thiazole rings is 1. The number of nitrogens with zero attached hydrogens (tertiary/aromatic N) is 1. The summed E-state index contributed by atoms with van der Waals surface area (Å²) in [6, 6.07) is 0. The Morgan fingerprint density at radius 2 is 2.29 bits per heavy atom. The first-order valence-corrected chi connectivity index (χ1v) is 4.72. The molecule has 5 N–H and O–H groups in total. The molecule has 14 heavy (non-hydrogen) atoms. The van der Waals surface area contributed by atoms with Crippen LogP contribution in [0.5, 0.6) is 0 Å². The molecular weight excluding hydrogens is 204 g/mol. The van der Waals surface area contributed by atoms with E-state index in [4.69, 9.17) is 11.5 Å². The molecule has 0 aliphatic heterocycles. The van der Waals surface area contributed by atoms with Gasteiger partial charge in [-0.1, -0.05) is 0 Å². The second-order valence-electron chi connectivity index (χ2n) is 2.48. The molecule has 7 heteroatoms. The number of hydrogen-bond acceptors (Lipinski definition) is 5. The summed E-state index contributed by atoms with van der Waals surface area (Å²) in [6.07, 6.45) is 0. The van der Waals surface area contributed by atoms with Gasteiger partial charge in [-0.25, -0.2) is 4.98 Å². The summed E-state index contributed by atoms with van der Waals surface area (Å²) < 4.78 is 0. The summed E-state index contributed by atoms with van der Waals surface area (Å²) in [5.74, 6) is -1.01. The van der Waals surface area contributed by atoms with Gasteiger partial charge in [0.2, 0.25) is 5.91 Å². The van der Waals surface area contributed by atoms with Gasteiger partial charge in [-0.2, -0.15) is 0 Å². The third kappa shape index (κ3) is 2.79. The lowest BCUT2D eigenvalue weighted by molar-refractivity contribution is -0.117. The smallest absolute Gasteiger partial charge is 0.271 e. The van der Waals surface area contributed by atoms with Gasteiger partial charge in [-0.05, 0) is 0 Å². The van der Waals surface area contributed by atoms with E-state index >= 15 is 0 Å². The minimum atomic E-state index is -0.590. The van der Waals surface area contributed by atoms with Crippen LogP contribution >= 0.6 is 11.3 Å². The van der Waals surface area contributed by atoms with E-state index < -0.39 is 11.8 Å². The number of carbonyl (C=O) groups excluding carboxylic acids is 2. The van der Waals surface area contributed by atoms with E-state index in [1.54, 1.807) is 5.38 Å². The molecule has 76 valence electrons. The van der Waals surface area contributed by atoms with Crippen molar-refractivity contribution >= 4 is 23.2 Å². The molecule has 1 rings (SSSR count). The quantitative estimate of drug-likeness (QED) is 0.585. The number of carbonyl (C=O) groups is 2. The molecule has 1 aromatic rings. The van der Waals surface area contributed by atoms with Crippen LogP contribution < -0.4 is 16.8 Å². The topological polar surface area (TPSA) is 111 Å². The molecule has 0 bridgehead atoms. The largest absolute Gasteiger partial charge is 0.368 e. The Kier molecular flexibility index (Phi) is 3.55. The van der Waals surface area contributed by atoms with E-state index in [1.165, 1.54) is 11.3 Å². The highest BCUT2D eigenvalue weighted by molar-refractivity contribution is 7.09. The molecule has 0 saturated carbocycles. The third-order valence-corrected chi connectivity index (χ3v) is 2.25. The van der Waals surface area contributed by atoms with E-state index in [1.807, 2.05) is 0 Å². The maximum absolute atomic E-state index is 11.3. The third-order valence-electron chi connectivity index (χ3n) is 1.38. The van der Waals surface area contributed by atoms with Gasteiger partial charge in [0, 0.05) is 11.9 Å². The van der Waals surface area contributed by atoms with E-state index in [9.17, 15) is 9.59 Å². The van der Waals surface area contributed by atoms with Gasteiger partial charge in [0.1, 0.15) is 10.7 Å². The highest BCUT2D eigenvalue weighted by Crippen LogP contribution is 2.08. The van der Waals surface area contributed by atoms with Crippen molar-refractivity contribution in [2.24, 2.45) is 11.5 Å². The standard InChI is InChI=1S/C7H10N4O2S/c8-1-6-11-4(3-14-6)7(13)10-2-5(9)12/h3H,1-2,8H2,(H2,9,12)(H,10,13). The Bertz CT molecular complexity index is 349. The molecule has 0 aliphatic carbocycles. The monoisotopic (exact) mass is 214 g/mol.